The van der Waals surface area contributed by atoms with Crippen molar-refractivity contribution in [2.75, 3.05) is 6.54 Å². The van der Waals surface area contributed by atoms with Crippen molar-refractivity contribution in [2.45, 2.75) is 31.1 Å². The van der Waals surface area contributed by atoms with E-state index < -0.39 is 11.6 Å². The molecular weight excluding hydrogens is 276 g/mol. The smallest absolute Gasteiger partial charge is 0.140 e. The second kappa shape index (κ2) is 4.41. The fourth-order valence-corrected chi connectivity index (χ4v) is 3.23. The Morgan fingerprint density at radius 2 is 1.88 bits per heavy atom. The van der Waals surface area contributed by atoms with Crippen LogP contribution in [-0.2, 0) is 5.41 Å². The van der Waals surface area contributed by atoms with Crippen molar-refractivity contribution in [1.82, 2.24) is 0 Å². The van der Waals surface area contributed by atoms with Crippen LogP contribution in [0.3, 0.4) is 0 Å². The molecular formula is C12H14BrF2N. The largest absolute Gasteiger partial charge is 0.330 e. The average Bonchev–Trinajstić information content (AvgIpc) is 2.73. The summed E-state index contributed by atoms with van der Waals surface area (Å²) in [5.74, 6) is -1.08. The van der Waals surface area contributed by atoms with Crippen LogP contribution in [0.4, 0.5) is 8.78 Å². The van der Waals surface area contributed by atoms with Gasteiger partial charge in [-0.2, -0.15) is 0 Å². The average molecular weight is 290 g/mol. The molecule has 0 heterocycles. The molecule has 0 bridgehead atoms. The number of nitrogens with two attached hydrogens (primary N) is 1. The van der Waals surface area contributed by atoms with E-state index in [9.17, 15) is 8.78 Å². The van der Waals surface area contributed by atoms with Gasteiger partial charge in [0.1, 0.15) is 11.6 Å². The SMILES string of the molecule is NCC1(c2cc(F)cc(F)c2Br)CCCC1. The van der Waals surface area contributed by atoms with Gasteiger partial charge in [0.25, 0.3) is 0 Å². The van der Waals surface area contributed by atoms with E-state index in [4.69, 9.17) is 5.73 Å². The summed E-state index contributed by atoms with van der Waals surface area (Å²) in [6.45, 7) is 0.439. The summed E-state index contributed by atoms with van der Waals surface area (Å²) < 4.78 is 27.1. The Bertz CT molecular complexity index is 400. The summed E-state index contributed by atoms with van der Waals surface area (Å²) in [7, 11) is 0. The molecule has 1 aromatic carbocycles. The van der Waals surface area contributed by atoms with Gasteiger partial charge in [-0.1, -0.05) is 12.8 Å². The molecule has 0 aromatic heterocycles. The third-order valence-corrected chi connectivity index (χ3v) is 4.32. The molecule has 1 nitrogen and oxygen atoms in total. The van der Waals surface area contributed by atoms with E-state index in [0.717, 1.165) is 31.7 Å². The van der Waals surface area contributed by atoms with Crippen LogP contribution in [0.25, 0.3) is 0 Å². The fourth-order valence-electron chi connectivity index (χ4n) is 2.58. The molecule has 4 heteroatoms. The van der Waals surface area contributed by atoms with Crippen LogP contribution in [0, 0.1) is 11.6 Å². The molecule has 0 unspecified atom stereocenters. The van der Waals surface area contributed by atoms with Crippen LogP contribution in [0.1, 0.15) is 31.2 Å². The van der Waals surface area contributed by atoms with Gasteiger partial charge < -0.3 is 5.73 Å². The van der Waals surface area contributed by atoms with Gasteiger partial charge in [-0.15, -0.1) is 0 Å². The van der Waals surface area contributed by atoms with Crippen LogP contribution in [0.15, 0.2) is 16.6 Å². The Kier molecular flexibility index (Phi) is 3.31. The van der Waals surface area contributed by atoms with E-state index >= 15 is 0 Å². The van der Waals surface area contributed by atoms with Gasteiger partial charge in [-0.3, -0.25) is 0 Å². The standard InChI is InChI=1S/C12H14BrF2N/c13-11-9(5-8(14)6-10(11)15)12(7-16)3-1-2-4-12/h5-6H,1-4,7,16H2. The van der Waals surface area contributed by atoms with Crippen LogP contribution in [0.2, 0.25) is 0 Å². The molecule has 16 heavy (non-hydrogen) atoms. The van der Waals surface area contributed by atoms with Gasteiger partial charge in [0.15, 0.2) is 0 Å². The monoisotopic (exact) mass is 289 g/mol. The highest BCUT2D eigenvalue weighted by atomic mass is 79.9. The normalized spacial score (nSPS) is 19.0. The highest BCUT2D eigenvalue weighted by molar-refractivity contribution is 9.10. The van der Waals surface area contributed by atoms with E-state index in [2.05, 4.69) is 15.9 Å². The van der Waals surface area contributed by atoms with E-state index in [1.807, 2.05) is 0 Å². The molecule has 1 saturated carbocycles. The van der Waals surface area contributed by atoms with Crippen molar-refractivity contribution in [3.05, 3.63) is 33.8 Å². The summed E-state index contributed by atoms with van der Waals surface area (Å²) in [6.07, 6.45) is 3.96. The minimum absolute atomic E-state index is 0.248. The van der Waals surface area contributed by atoms with Crippen molar-refractivity contribution in [1.29, 1.82) is 0 Å². The van der Waals surface area contributed by atoms with Crippen molar-refractivity contribution < 1.29 is 8.78 Å². The molecule has 1 aromatic rings. The summed E-state index contributed by atoms with van der Waals surface area (Å²) in [5.41, 5.74) is 6.24. The molecule has 0 aliphatic heterocycles. The zero-order chi connectivity index (χ0) is 11.8. The lowest BCUT2D eigenvalue weighted by molar-refractivity contribution is 0.441. The third-order valence-electron chi connectivity index (χ3n) is 3.52. The Hall–Kier alpha value is -0.480. The minimum atomic E-state index is -0.547. The molecule has 1 aliphatic carbocycles. The zero-order valence-electron chi connectivity index (χ0n) is 8.90. The van der Waals surface area contributed by atoms with Gasteiger partial charge in [0, 0.05) is 18.0 Å². The Morgan fingerprint density at radius 3 is 2.44 bits per heavy atom. The first-order chi connectivity index (χ1) is 7.59. The molecule has 0 radical (unpaired) electrons. The zero-order valence-corrected chi connectivity index (χ0v) is 10.5. The van der Waals surface area contributed by atoms with Gasteiger partial charge in [0.05, 0.1) is 4.47 Å². The topological polar surface area (TPSA) is 26.0 Å². The van der Waals surface area contributed by atoms with Crippen molar-refractivity contribution >= 4 is 15.9 Å². The predicted octanol–water partition coefficient (Wildman–Crippen LogP) is 3.50. The molecule has 2 rings (SSSR count). The first kappa shape index (κ1) is 12.0. The second-order valence-electron chi connectivity index (χ2n) is 4.44. The second-order valence-corrected chi connectivity index (χ2v) is 5.23. The third kappa shape index (κ3) is 1.89. The maximum Gasteiger partial charge on any atom is 0.140 e. The van der Waals surface area contributed by atoms with E-state index in [1.54, 1.807) is 0 Å². The first-order valence-corrected chi connectivity index (χ1v) is 6.23. The number of halogens is 3. The summed E-state index contributed by atoms with van der Waals surface area (Å²) in [6, 6.07) is 2.30. The quantitative estimate of drug-likeness (QED) is 0.829. The van der Waals surface area contributed by atoms with E-state index in [-0.39, 0.29) is 5.41 Å². The first-order valence-electron chi connectivity index (χ1n) is 5.44. The van der Waals surface area contributed by atoms with Gasteiger partial charge in [-0.25, -0.2) is 8.78 Å². The van der Waals surface area contributed by atoms with Crippen LogP contribution >= 0.6 is 15.9 Å². The lowest BCUT2D eigenvalue weighted by atomic mass is 9.79. The molecule has 0 saturated heterocycles. The maximum atomic E-state index is 13.5. The molecule has 0 amide bonds. The van der Waals surface area contributed by atoms with Gasteiger partial charge in [0.2, 0.25) is 0 Å². The van der Waals surface area contributed by atoms with Crippen molar-refractivity contribution in [3.8, 4) is 0 Å². The Labute approximate surface area is 102 Å². The number of hydrogen-bond acceptors (Lipinski definition) is 1. The summed E-state index contributed by atoms with van der Waals surface area (Å²) in [4.78, 5) is 0. The highest BCUT2D eigenvalue weighted by Gasteiger charge is 2.36. The van der Waals surface area contributed by atoms with E-state index in [0.29, 0.717) is 16.6 Å². The predicted molar refractivity (Wildman–Crippen MR) is 63.3 cm³/mol. The van der Waals surface area contributed by atoms with Crippen molar-refractivity contribution in [3.63, 3.8) is 0 Å². The lowest BCUT2D eigenvalue weighted by Gasteiger charge is -2.29. The number of benzene rings is 1. The van der Waals surface area contributed by atoms with Crippen LogP contribution < -0.4 is 5.73 Å². The fraction of sp³-hybridized carbons (Fsp3) is 0.500. The molecule has 0 atom stereocenters. The molecule has 1 fully saturated rings. The number of hydrogen-bond donors (Lipinski definition) is 1. The summed E-state index contributed by atoms with van der Waals surface area (Å²) >= 11 is 3.20. The summed E-state index contributed by atoms with van der Waals surface area (Å²) in [5, 5.41) is 0. The molecule has 88 valence electrons. The van der Waals surface area contributed by atoms with Crippen LogP contribution in [0.5, 0.6) is 0 Å². The Morgan fingerprint density at radius 1 is 1.25 bits per heavy atom. The molecule has 1 aliphatic rings. The highest BCUT2D eigenvalue weighted by Crippen LogP contribution is 2.43. The van der Waals surface area contributed by atoms with Crippen molar-refractivity contribution in [2.24, 2.45) is 5.73 Å². The Balaban J connectivity index is 2.53. The van der Waals surface area contributed by atoms with Gasteiger partial charge >= 0.3 is 0 Å². The van der Waals surface area contributed by atoms with Gasteiger partial charge in [-0.05, 0) is 40.4 Å². The minimum Gasteiger partial charge on any atom is -0.330 e. The maximum absolute atomic E-state index is 13.5. The van der Waals surface area contributed by atoms with E-state index in [1.165, 1.54) is 6.07 Å². The van der Waals surface area contributed by atoms with Crippen LogP contribution in [-0.4, -0.2) is 6.54 Å². The molecule has 0 spiro atoms. The number of rotatable bonds is 2. The lowest BCUT2D eigenvalue weighted by Crippen LogP contribution is -2.32. The molecule has 2 N–H and O–H groups in total.